The van der Waals surface area contributed by atoms with Crippen molar-refractivity contribution < 1.29 is 27.4 Å². The first-order valence-corrected chi connectivity index (χ1v) is 8.90. The number of nitrogens with one attached hydrogen (secondary N) is 2. The van der Waals surface area contributed by atoms with Crippen LogP contribution in [-0.4, -0.2) is 50.7 Å². The van der Waals surface area contributed by atoms with E-state index < -0.39 is 13.0 Å². The minimum absolute atomic E-state index is 0.0252. The Labute approximate surface area is 167 Å². The number of imidazole rings is 1. The van der Waals surface area contributed by atoms with Crippen LogP contribution in [0.5, 0.6) is 0 Å². The molecule has 3 aromatic heterocycles. The van der Waals surface area contributed by atoms with Crippen LogP contribution in [0, 0.1) is 0 Å². The molecule has 2 N–H and O–H groups in total. The van der Waals surface area contributed by atoms with Crippen LogP contribution < -0.4 is 5.32 Å². The zero-order valence-electron chi connectivity index (χ0n) is 15.0. The number of nitrogens with zero attached hydrogens (tertiary/aromatic N) is 4. The Kier molecular flexibility index (Phi) is 5.34. The summed E-state index contributed by atoms with van der Waals surface area (Å²) in [6.07, 6.45) is -2.82. The molecular formula is C16H16ClF3N6O3. The molecule has 4 heterocycles. The Morgan fingerprint density at radius 2 is 2.21 bits per heavy atom. The summed E-state index contributed by atoms with van der Waals surface area (Å²) in [6.45, 7) is -0.230. The van der Waals surface area contributed by atoms with E-state index in [9.17, 15) is 13.2 Å². The Balaban J connectivity index is 1.54. The van der Waals surface area contributed by atoms with Gasteiger partial charge in [0.05, 0.1) is 30.7 Å². The molecule has 0 bridgehead atoms. The number of halogens is 4. The maximum atomic E-state index is 12.3. The van der Waals surface area contributed by atoms with E-state index in [4.69, 9.17) is 21.1 Å². The van der Waals surface area contributed by atoms with Gasteiger partial charge in [0.1, 0.15) is 16.9 Å². The molecule has 2 atom stereocenters. The molecule has 1 saturated heterocycles. The molecule has 1 fully saturated rings. The van der Waals surface area contributed by atoms with E-state index in [1.165, 1.54) is 16.7 Å². The van der Waals surface area contributed by atoms with Gasteiger partial charge in [0, 0.05) is 31.9 Å². The Hall–Kier alpha value is -2.41. The molecule has 0 saturated carbocycles. The number of aromatic amines is 1. The van der Waals surface area contributed by atoms with Crippen molar-refractivity contribution in [2.45, 2.75) is 31.6 Å². The maximum Gasteiger partial charge on any atom is 0.522 e. The molecule has 29 heavy (non-hydrogen) atoms. The highest BCUT2D eigenvalue weighted by Gasteiger charge is 2.30. The molecule has 9 nitrogen and oxygen atoms in total. The zero-order chi connectivity index (χ0) is 20.6. The molecule has 0 amide bonds. The average Bonchev–Trinajstić information content (AvgIpc) is 3.38. The summed E-state index contributed by atoms with van der Waals surface area (Å²) in [6, 6.07) is 3.18. The smallest absolute Gasteiger partial charge is 0.379 e. The van der Waals surface area contributed by atoms with Gasteiger partial charge in [-0.2, -0.15) is 5.10 Å². The summed E-state index contributed by atoms with van der Waals surface area (Å²) in [4.78, 5) is 8.24. The van der Waals surface area contributed by atoms with Crippen LogP contribution in [0.3, 0.4) is 0 Å². The fourth-order valence-electron chi connectivity index (χ4n) is 2.98. The predicted octanol–water partition coefficient (Wildman–Crippen LogP) is 3.36. The van der Waals surface area contributed by atoms with Crippen molar-refractivity contribution in [1.82, 2.24) is 24.6 Å². The van der Waals surface area contributed by atoms with Crippen molar-refractivity contribution in [3.05, 3.63) is 34.9 Å². The lowest BCUT2D eigenvalue weighted by Crippen LogP contribution is -2.12. The van der Waals surface area contributed by atoms with Gasteiger partial charge in [0.2, 0.25) is 5.95 Å². The number of hydrogen-bond donors (Lipinski definition) is 2. The number of hydrogen-bond acceptors (Lipinski definition) is 7. The fourth-order valence-corrected chi connectivity index (χ4v) is 3.16. The summed E-state index contributed by atoms with van der Waals surface area (Å²) in [5.41, 5.74) is 1.14. The van der Waals surface area contributed by atoms with E-state index in [2.05, 4.69) is 30.2 Å². The van der Waals surface area contributed by atoms with Gasteiger partial charge in [-0.15, -0.1) is 13.2 Å². The minimum Gasteiger partial charge on any atom is -0.379 e. The van der Waals surface area contributed by atoms with E-state index in [1.54, 1.807) is 13.2 Å². The van der Waals surface area contributed by atoms with E-state index in [0.717, 1.165) is 5.69 Å². The topological polar surface area (TPSA) is 98.6 Å². The van der Waals surface area contributed by atoms with E-state index in [0.29, 0.717) is 24.5 Å². The van der Waals surface area contributed by atoms with Crippen molar-refractivity contribution in [2.75, 3.05) is 19.0 Å². The number of H-pyrrole nitrogens is 1. The molecule has 13 heteroatoms. The van der Waals surface area contributed by atoms with Crippen molar-refractivity contribution in [3.8, 4) is 0 Å². The Morgan fingerprint density at radius 1 is 1.38 bits per heavy atom. The number of methoxy groups -OCH3 is 1. The fraction of sp³-hybridized carbons (Fsp3) is 0.438. The number of rotatable bonds is 6. The average molecular weight is 433 g/mol. The molecule has 156 valence electrons. The van der Waals surface area contributed by atoms with Crippen molar-refractivity contribution >= 4 is 29.0 Å². The molecule has 2 unspecified atom stereocenters. The lowest BCUT2D eigenvalue weighted by atomic mass is 10.1. The minimum atomic E-state index is -4.75. The first kappa shape index (κ1) is 19.9. The summed E-state index contributed by atoms with van der Waals surface area (Å²) >= 11 is 6.01. The van der Waals surface area contributed by atoms with Crippen molar-refractivity contribution in [3.63, 3.8) is 0 Å². The largest absolute Gasteiger partial charge is 0.522 e. The van der Waals surface area contributed by atoms with Gasteiger partial charge in [-0.25, -0.2) is 9.97 Å². The van der Waals surface area contributed by atoms with Gasteiger partial charge < -0.3 is 14.8 Å². The molecular weight excluding hydrogens is 417 g/mol. The standard InChI is InChI=1S/C16H16ClF3N6O3/c1-27-9-2-11(28-7-9)10-3-13(25-24-10)23-15-22-12(17)4-14-21-8(5-26(14)15)6-29-16(18,19)20/h3-5,9,11H,2,6-7H2,1H3,(H2,22,23,24,25). The summed E-state index contributed by atoms with van der Waals surface area (Å²) in [5, 5.41) is 10.2. The van der Waals surface area contributed by atoms with E-state index in [-0.39, 0.29) is 29.0 Å². The second-order valence-electron chi connectivity index (χ2n) is 6.35. The van der Waals surface area contributed by atoms with E-state index in [1.807, 2.05) is 0 Å². The lowest BCUT2D eigenvalue weighted by Gasteiger charge is -2.06. The normalized spacial score (nSPS) is 19.9. The number of aromatic nitrogens is 5. The van der Waals surface area contributed by atoms with Crippen LogP contribution in [-0.2, 0) is 20.8 Å². The van der Waals surface area contributed by atoms with Gasteiger partial charge in [0.25, 0.3) is 0 Å². The van der Waals surface area contributed by atoms with Crippen molar-refractivity contribution in [2.24, 2.45) is 0 Å². The van der Waals surface area contributed by atoms with Gasteiger partial charge in [0.15, 0.2) is 5.82 Å². The maximum absolute atomic E-state index is 12.3. The molecule has 0 aliphatic carbocycles. The third-order valence-corrected chi connectivity index (χ3v) is 4.53. The van der Waals surface area contributed by atoms with Crippen LogP contribution in [0.1, 0.15) is 23.9 Å². The summed E-state index contributed by atoms with van der Waals surface area (Å²) < 4.78 is 53.0. The third kappa shape index (κ3) is 4.61. The van der Waals surface area contributed by atoms with Crippen LogP contribution in [0.4, 0.5) is 24.9 Å². The molecule has 0 aromatic carbocycles. The van der Waals surface area contributed by atoms with Gasteiger partial charge in [-0.1, -0.05) is 11.6 Å². The van der Waals surface area contributed by atoms with Gasteiger partial charge in [-0.05, 0) is 0 Å². The second-order valence-corrected chi connectivity index (χ2v) is 6.73. The SMILES string of the molecule is COC1COC(c2cc(Nc3nc(Cl)cc4nc(COC(F)(F)F)cn34)n[nH]2)C1. The first-order valence-electron chi connectivity index (χ1n) is 8.52. The number of anilines is 2. The zero-order valence-corrected chi connectivity index (χ0v) is 15.8. The first-order chi connectivity index (χ1) is 13.8. The quantitative estimate of drug-likeness (QED) is 0.576. The van der Waals surface area contributed by atoms with Gasteiger partial charge >= 0.3 is 6.36 Å². The lowest BCUT2D eigenvalue weighted by molar-refractivity contribution is -0.330. The second kappa shape index (κ2) is 7.78. The summed E-state index contributed by atoms with van der Waals surface area (Å²) in [7, 11) is 1.63. The van der Waals surface area contributed by atoms with Crippen LogP contribution >= 0.6 is 11.6 Å². The molecule has 0 radical (unpaired) electrons. The number of fused-ring (bicyclic) bond motifs is 1. The van der Waals surface area contributed by atoms with Crippen LogP contribution in [0.15, 0.2) is 18.3 Å². The predicted molar refractivity (Wildman–Crippen MR) is 94.8 cm³/mol. The molecule has 0 spiro atoms. The highest BCUT2D eigenvalue weighted by Crippen LogP contribution is 2.30. The Bertz CT molecular complexity index is 1010. The van der Waals surface area contributed by atoms with Crippen LogP contribution in [0.2, 0.25) is 5.15 Å². The van der Waals surface area contributed by atoms with Crippen molar-refractivity contribution in [1.29, 1.82) is 0 Å². The molecule has 1 aliphatic rings. The molecule has 1 aliphatic heterocycles. The number of ether oxygens (including phenoxy) is 3. The number of alkyl halides is 3. The summed E-state index contributed by atoms with van der Waals surface area (Å²) in [5.74, 6) is 0.667. The monoisotopic (exact) mass is 432 g/mol. The van der Waals surface area contributed by atoms with E-state index >= 15 is 0 Å². The van der Waals surface area contributed by atoms with Crippen LogP contribution in [0.25, 0.3) is 5.65 Å². The highest BCUT2D eigenvalue weighted by molar-refractivity contribution is 6.29. The third-order valence-electron chi connectivity index (χ3n) is 4.33. The molecule has 3 aromatic rings. The van der Waals surface area contributed by atoms with Gasteiger partial charge in [-0.3, -0.25) is 14.2 Å². The Morgan fingerprint density at radius 3 is 2.93 bits per heavy atom. The molecule has 4 rings (SSSR count). The highest BCUT2D eigenvalue weighted by atomic mass is 35.5.